The van der Waals surface area contributed by atoms with Gasteiger partial charge in [0.15, 0.2) is 0 Å². The first kappa shape index (κ1) is 20.2. The molecule has 2 aliphatic heterocycles. The summed E-state index contributed by atoms with van der Waals surface area (Å²) in [6.07, 6.45) is 0. The third kappa shape index (κ3) is 3.48. The quantitative estimate of drug-likeness (QED) is 0.733. The molecule has 2 heterocycles. The number of anilines is 1. The van der Waals surface area contributed by atoms with Gasteiger partial charge in [-0.3, -0.25) is 9.59 Å². The van der Waals surface area contributed by atoms with Crippen molar-refractivity contribution >= 4 is 23.1 Å². The molecule has 0 spiro atoms. The molecular formula is C24H27N3O3. The highest BCUT2D eigenvalue weighted by atomic mass is 16.5. The summed E-state index contributed by atoms with van der Waals surface area (Å²) in [7, 11) is 3.68. The fourth-order valence-electron chi connectivity index (χ4n) is 4.04. The van der Waals surface area contributed by atoms with Crippen molar-refractivity contribution in [1.82, 2.24) is 9.80 Å². The minimum atomic E-state index is -0.271. The average molecular weight is 405 g/mol. The fraction of sp³-hybridized carbons (Fsp3) is 0.333. The Balaban J connectivity index is 1.82. The summed E-state index contributed by atoms with van der Waals surface area (Å²) in [5.74, 6) is 0.195. The van der Waals surface area contributed by atoms with E-state index in [1.165, 1.54) is 4.90 Å². The molecule has 0 N–H and O–H groups in total. The van der Waals surface area contributed by atoms with Crippen molar-refractivity contribution in [1.29, 1.82) is 0 Å². The third-order valence-corrected chi connectivity index (χ3v) is 5.86. The SMILES string of the molecule is COc1ccc(C2=C(N3CCN(C)CC3)C(=O)N(c3cc(C)ccc3C)C2=O)cc1. The summed E-state index contributed by atoms with van der Waals surface area (Å²) >= 11 is 0. The van der Waals surface area contributed by atoms with Crippen LogP contribution in [0.4, 0.5) is 5.69 Å². The first-order valence-corrected chi connectivity index (χ1v) is 10.2. The Hall–Kier alpha value is -3.12. The second-order valence-corrected chi connectivity index (χ2v) is 7.98. The number of ether oxygens (including phenoxy) is 1. The van der Waals surface area contributed by atoms with Gasteiger partial charge in [0.2, 0.25) is 0 Å². The standard InChI is InChI=1S/C24H27N3O3/c1-16-5-6-17(2)20(15-16)27-23(28)21(18-7-9-19(30-4)10-8-18)22(24(27)29)26-13-11-25(3)12-14-26/h5-10,15H,11-14H2,1-4H3. The molecule has 6 heteroatoms. The van der Waals surface area contributed by atoms with E-state index >= 15 is 0 Å². The highest BCUT2D eigenvalue weighted by Crippen LogP contribution is 2.37. The number of hydrogen-bond acceptors (Lipinski definition) is 5. The monoisotopic (exact) mass is 405 g/mol. The molecule has 30 heavy (non-hydrogen) atoms. The van der Waals surface area contributed by atoms with E-state index in [4.69, 9.17) is 4.74 Å². The number of benzene rings is 2. The van der Waals surface area contributed by atoms with Gasteiger partial charge in [-0.05, 0) is 55.8 Å². The van der Waals surface area contributed by atoms with Gasteiger partial charge in [-0.1, -0.05) is 24.3 Å². The number of aryl methyl sites for hydroxylation is 2. The molecule has 2 aromatic rings. The van der Waals surface area contributed by atoms with E-state index in [0.29, 0.717) is 35.8 Å². The van der Waals surface area contributed by atoms with Crippen LogP contribution in [-0.4, -0.2) is 62.0 Å². The lowest BCUT2D eigenvalue weighted by Gasteiger charge is -2.34. The number of likely N-dealkylation sites (N-methyl/N-ethyl adjacent to an activating group) is 1. The Morgan fingerprint density at radius 2 is 1.53 bits per heavy atom. The maximum absolute atomic E-state index is 13.6. The number of carbonyl (C=O) groups is 2. The molecule has 0 aliphatic carbocycles. The second-order valence-electron chi connectivity index (χ2n) is 7.98. The molecule has 156 valence electrons. The summed E-state index contributed by atoms with van der Waals surface area (Å²) in [5.41, 5.74) is 4.26. The Kier molecular flexibility index (Phi) is 5.35. The first-order valence-electron chi connectivity index (χ1n) is 10.2. The summed E-state index contributed by atoms with van der Waals surface area (Å²) in [5, 5.41) is 0. The summed E-state index contributed by atoms with van der Waals surface area (Å²) < 4.78 is 5.26. The minimum absolute atomic E-state index is 0.246. The number of carbonyl (C=O) groups excluding carboxylic acids is 2. The minimum Gasteiger partial charge on any atom is -0.497 e. The van der Waals surface area contributed by atoms with Crippen LogP contribution < -0.4 is 9.64 Å². The normalized spacial score (nSPS) is 17.9. The number of rotatable bonds is 4. The smallest absolute Gasteiger partial charge is 0.282 e. The molecule has 0 unspecified atom stereocenters. The van der Waals surface area contributed by atoms with Crippen LogP contribution in [0.25, 0.3) is 5.57 Å². The lowest BCUT2D eigenvalue weighted by atomic mass is 10.0. The number of imide groups is 1. The van der Waals surface area contributed by atoms with Crippen LogP contribution in [-0.2, 0) is 9.59 Å². The Bertz CT molecular complexity index is 1020. The molecule has 6 nitrogen and oxygen atoms in total. The Morgan fingerprint density at radius 3 is 2.17 bits per heavy atom. The van der Waals surface area contributed by atoms with E-state index in [2.05, 4.69) is 16.8 Å². The number of hydrogen-bond donors (Lipinski definition) is 0. The number of nitrogens with zero attached hydrogens (tertiary/aromatic N) is 3. The van der Waals surface area contributed by atoms with Crippen molar-refractivity contribution in [2.45, 2.75) is 13.8 Å². The first-order chi connectivity index (χ1) is 14.4. The molecule has 2 amide bonds. The van der Waals surface area contributed by atoms with E-state index in [1.807, 2.05) is 56.3 Å². The maximum Gasteiger partial charge on any atom is 0.282 e. The van der Waals surface area contributed by atoms with Crippen LogP contribution >= 0.6 is 0 Å². The van der Waals surface area contributed by atoms with Crippen molar-refractivity contribution in [2.24, 2.45) is 0 Å². The van der Waals surface area contributed by atoms with E-state index in [9.17, 15) is 9.59 Å². The zero-order valence-electron chi connectivity index (χ0n) is 17.9. The Morgan fingerprint density at radius 1 is 0.867 bits per heavy atom. The molecule has 0 bridgehead atoms. The van der Waals surface area contributed by atoms with Crippen molar-refractivity contribution in [2.75, 3.05) is 45.2 Å². The van der Waals surface area contributed by atoms with Gasteiger partial charge >= 0.3 is 0 Å². The lowest BCUT2D eigenvalue weighted by molar-refractivity contribution is -0.120. The maximum atomic E-state index is 13.6. The summed E-state index contributed by atoms with van der Waals surface area (Å²) in [4.78, 5) is 32.9. The molecule has 1 saturated heterocycles. The predicted octanol–water partition coefficient (Wildman–Crippen LogP) is 2.84. The molecule has 2 aliphatic rings. The van der Waals surface area contributed by atoms with Crippen LogP contribution in [0, 0.1) is 13.8 Å². The van der Waals surface area contributed by atoms with E-state index < -0.39 is 0 Å². The molecule has 0 atom stereocenters. The van der Waals surface area contributed by atoms with Crippen LogP contribution in [0.3, 0.4) is 0 Å². The average Bonchev–Trinajstić information content (AvgIpc) is 3.00. The van der Waals surface area contributed by atoms with Gasteiger partial charge in [0, 0.05) is 26.2 Å². The molecule has 0 aromatic heterocycles. The topological polar surface area (TPSA) is 53.1 Å². The second kappa shape index (κ2) is 7.95. The summed E-state index contributed by atoms with van der Waals surface area (Å²) in [6, 6.07) is 13.2. The number of methoxy groups -OCH3 is 1. The van der Waals surface area contributed by atoms with Gasteiger partial charge in [0.1, 0.15) is 11.4 Å². The van der Waals surface area contributed by atoms with Gasteiger partial charge < -0.3 is 14.5 Å². The molecule has 0 saturated carbocycles. The van der Waals surface area contributed by atoms with Crippen LogP contribution in [0.1, 0.15) is 16.7 Å². The zero-order chi connectivity index (χ0) is 21.4. The van der Waals surface area contributed by atoms with Gasteiger partial charge in [-0.2, -0.15) is 0 Å². The third-order valence-electron chi connectivity index (χ3n) is 5.86. The fourth-order valence-corrected chi connectivity index (χ4v) is 4.04. The van der Waals surface area contributed by atoms with E-state index in [1.54, 1.807) is 7.11 Å². The van der Waals surface area contributed by atoms with Crippen molar-refractivity contribution in [3.05, 3.63) is 64.9 Å². The van der Waals surface area contributed by atoms with Crippen LogP contribution in [0.5, 0.6) is 5.75 Å². The Labute approximate surface area is 177 Å². The molecule has 1 fully saturated rings. The van der Waals surface area contributed by atoms with Gasteiger partial charge in [0.05, 0.1) is 18.4 Å². The van der Waals surface area contributed by atoms with E-state index in [-0.39, 0.29) is 11.8 Å². The van der Waals surface area contributed by atoms with E-state index in [0.717, 1.165) is 29.8 Å². The van der Waals surface area contributed by atoms with Crippen molar-refractivity contribution in [3.8, 4) is 5.75 Å². The van der Waals surface area contributed by atoms with Gasteiger partial charge in [0.25, 0.3) is 11.8 Å². The highest BCUT2D eigenvalue weighted by molar-refractivity contribution is 6.45. The highest BCUT2D eigenvalue weighted by Gasteiger charge is 2.43. The zero-order valence-corrected chi connectivity index (χ0v) is 17.9. The lowest BCUT2D eigenvalue weighted by Crippen LogP contribution is -2.46. The van der Waals surface area contributed by atoms with Crippen molar-refractivity contribution < 1.29 is 14.3 Å². The number of amides is 2. The molecular weight excluding hydrogens is 378 g/mol. The largest absolute Gasteiger partial charge is 0.497 e. The van der Waals surface area contributed by atoms with Crippen LogP contribution in [0.15, 0.2) is 48.2 Å². The van der Waals surface area contributed by atoms with Gasteiger partial charge in [-0.15, -0.1) is 0 Å². The van der Waals surface area contributed by atoms with Gasteiger partial charge in [-0.25, -0.2) is 4.90 Å². The summed E-state index contributed by atoms with van der Waals surface area (Å²) in [6.45, 7) is 7.02. The molecule has 4 rings (SSSR count). The number of piperazine rings is 1. The van der Waals surface area contributed by atoms with Crippen LogP contribution in [0.2, 0.25) is 0 Å². The van der Waals surface area contributed by atoms with Crippen molar-refractivity contribution in [3.63, 3.8) is 0 Å². The molecule has 0 radical (unpaired) electrons. The predicted molar refractivity (Wildman–Crippen MR) is 117 cm³/mol. The molecule has 2 aromatic carbocycles.